The maximum atomic E-state index is 12.1. The predicted molar refractivity (Wildman–Crippen MR) is 95.8 cm³/mol. The zero-order valence-corrected chi connectivity index (χ0v) is 14.4. The molecule has 0 heterocycles. The minimum atomic E-state index is -0.908. The van der Waals surface area contributed by atoms with Crippen LogP contribution in [0.2, 0.25) is 0 Å². The summed E-state index contributed by atoms with van der Waals surface area (Å²) in [6.45, 7) is 1.50. The number of benzene rings is 2. The number of para-hydroxylation sites is 1. The molecule has 2 aromatic rings. The summed E-state index contributed by atoms with van der Waals surface area (Å²) in [6, 6.07) is 13.5. The lowest BCUT2D eigenvalue weighted by atomic mass is 10.1. The van der Waals surface area contributed by atoms with Gasteiger partial charge in [-0.2, -0.15) is 5.10 Å². The fourth-order valence-corrected chi connectivity index (χ4v) is 2.13. The van der Waals surface area contributed by atoms with Gasteiger partial charge < -0.3 is 10.4 Å². The Kier molecular flexibility index (Phi) is 6.08. The number of nitrogens with one attached hydrogen (secondary N) is 2. The molecule has 124 valence electrons. The van der Waals surface area contributed by atoms with Gasteiger partial charge in [0.1, 0.15) is 11.7 Å². The molecule has 3 N–H and O–H groups in total. The minimum Gasteiger partial charge on any atom is -0.508 e. The Bertz CT molecular complexity index is 760. The van der Waals surface area contributed by atoms with Crippen molar-refractivity contribution < 1.29 is 14.7 Å². The standard InChI is InChI=1S/C17H16BrN3O3/c1-11(16(23)20-15-5-3-2-4-14(15)18)17(24)21-19-10-12-6-8-13(22)9-7-12/h2-11,22H,1H3,(H,20,23)(H,21,24)/b19-10+. The molecule has 0 fully saturated rings. The smallest absolute Gasteiger partial charge is 0.252 e. The first-order valence-electron chi connectivity index (χ1n) is 7.14. The zero-order valence-electron chi connectivity index (χ0n) is 12.9. The molecule has 0 bridgehead atoms. The van der Waals surface area contributed by atoms with Gasteiger partial charge >= 0.3 is 0 Å². The number of hydrogen-bond donors (Lipinski definition) is 3. The third kappa shape index (κ3) is 4.92. The number of anilines is 1. The summed E-state index contributed by atoms with van der Waals surface area (Å²) < 4.78 is 0.733. The summed E-state index contributed by atoms with van der Waals surface area (Å²) in [5.74, 6) is -1.71. The largest absolute Gasteiger partial charge is 0.508 e. The molecule has 0 aliphatic carbocycles. The predicted octanol–water partition coefficient (Wildman–Crippen LogP) is 2.88. The van der Waals surface area contributed by atoms with Crippen molar-refractivity contribution in [1.82, 2.24) is 5.43 Å². The number of phenolic OH excluding ortho intramolecular Hbond substituents is 1. The van der Waals surface area contributed by atoms with E-state index >= 15 is 0 Å². The molecule has 0 saturated carbocycles. The van der Waals surface area contributed by atoms with Gasteiger partial charge in [0.05, 0.1) is 11.9 Å². The topological polar surface area (TPSA) is 90.8 Å². The normalized spacial score (nSPS) is 11.9. The first-order valence-corrected chi connectivity index (χ1v) is 7.94. The SMILES string of the molecule is CC(C(=O)N/N=C/c1ccc(O)cc1)C(=O)Nc1ccccc1Br. The van der Waals surface area contributed by atoms with Crippen molar-refractivity contribution in [2.75, 3.05) is 5.32 Å². The van der Waals surface area contributed by atoms with Crippen molar-refractivity contribution >= 4 is 39.6 Å². The fourth-order valence-electron chi connectivity index (χ4n) is 1.75. The molecule has 1 atom stereocenters. The summed E-state index contributed by atoms with van der Waals surface area (Å²) in [5, 5.41) is 15.7. The molecule has 2 aromatic carbocycles. The third-order valence-electron chi connectivity index (χ3n) is 3.20. The van der Waals surface area contributed by atoms with Gasteiger partial charge in [0.25, 0.3) is 5.91 Å². The van der Waals surface area contributed by atoms with E-state index in [-0.39, 0.29) is 5.75 Å². The monoisotopic (exact) mass is 389 g/mol. The number of rotatable bonds is 5. The molecular formula is C17H16BrN3O3. The third-order valence-corrected chi connectivity index (χ3v) is 3.89. The first kappa shape index (κ1) is 17.7. The maximum Gasteiger partial charge on any atom is 0.252 e. The highest BCUT2D eigenvalue weighted by atomic mass is 79.9. The van der Waals surface area contributed by atoms with E-state index in [0.717, 1.165) is 4.47 Å². The lowest BCUT2D eigenvalue weighted by Crippen LogP contribution is -2.34. The molecule has 7 heteroatoms. The van der Waals surface area contributed by atoms with Crippen molar-refractivity contribution in [3.05, 3.63) is 58.6 Å². The van der Waals surface area contributed by atoms with Crippen LogP contribution in [-0.4, -0.2) is 23.1 Å². The van der Waals surface area contributed by atoms with E-state index in [1.165, 1.54) is 25.3 Å². The van der Waals surface area contributed by atoms with E-state index in [0.29, 0.717) is 11.3 Å². The van der Waals surface area contributed by atoms with Gasteiger partial charge in [0.2, 0.25) is 5.91 Å². The number of carbonyl (C=O) groups is 2. The van der Waals surface area contributed by atoms with Crippen molar-refractivity contribution in [3.8, 4) is 5.75 Å². The van der Waals surface area contributed by atoms with Crippen LogP contribution in [0.25, 0.3) is 0 Å². The second-order valence-corrected chi connectivity index (χ2v) is 5.87. The Labute approximate surface area is 147 Å². The van der Waals surface area contributed by atoms with E-state index < -0.39 is 17.7 Å². The molecule has 6 nitrogen and oxygen atoms in total. The van der Waals surface area contributed by atoms with Gasteiger partial charge in [-0.25, -0.2) is 5.43 Å². The molecule has 2 rings (SSSR count). The van der Waals surface area contributed by atoms with E-state index in [1.807, 2.05) is 6.07 Å². The number of hydrogen-bond acceptors (Lipinski definition) is 4. The number of amides is 2. The molecule has 24 heavy (non-hydrogen) atoms. The van der Waals surface area contributed by atoms with E-state index in [1.54, 1.807) is 30.3 Å². The molecule has 0 aliphatic heterocycles. The van der Waals surface area contributed by atoms with Crippen LogP contribution >= 0.6 is 15.9 Å². The van der Waals surface area contributed by atoms with E-state index in [4.69, 9.17) is 0 Å². The van der Waals surface area contributed by atoms with E-state index in [9.17, 15) is 14.7 Å². The lowest BCUT2D eigenvalue weighted by molar-refractivity contribution is -0.131. The second-order valence-electron chi connectivity index (χ2n) is 5.02. The first-order chi connectivity index (χ1) is 11.5. The van der Waals surface area contributed by atoms with Crippen LogP contribution in [0.5, 0.6) is 5.75 Å². The minimum absolute atomic E-state index is 0.147. The summed E-state index contributed by atoms with van der Waals surface area (Å²) in [4.78, 5) is 24.1. The van der Waals surface area contributed by atoms with Crippen LogP contribution in [0.15, 0.2) is 58.1 Å². The van der Waals surface area contributed by atoms with E-state index in [2.05, 4.69) is 31.8 Å². The summed E-state index contributed by atoms with van der Waals surface area (Å²) in [7, 11) is 0. The highest BCUT2D eigenvalue weighted by Crippen LogP contribution is 2.21. The Morgan fingerprint density at radius 3 is 2.46 bits per heavy atom. The molecule has 0 radical (unpaired) electrons. The zero-order chi connectivity index (χ0) is 17.5. The molecule has 1 unspecified atom stereocenters. The Balaban J connectivity index is 1.90. The van der Waals surface area contributed by atoms with Gasteiger partial charge in [-0.3, -0.25) is 9.59 Å². The summed E-state index contributed by atoms with van der Waals surface area (Å²) in [6.07, 6.45) is 1.43. The molecule has 0 spiro atoms. The fraction of sp³-hybridized carbons (Fsp3) is 0.118. The quantitative estimate of drug-likeness (QED) is 0.417. The van der Waals surface area contributed by atoms with Gasteiger partial charge in [0.15, 0.2) is 0 Å². The second kappa shape index (κ2) is 8.26. The molecule has 0 aliphatic rings. The Hall–Kier alpha value is -2.67. The Morgan fingerprint density at radius 2 is 1.79 bits per heavy atom. The van der Waals surface area contributed by atoms with Crippen LogP contribution in [0.4, 0.5) is 5.69 Å². The number of hydrazone groups is 1. The number of nitrogens with zero attached hydrogens (tertiary/aromatic N) is 1. The highest BCUT2D eigenvalue weighted by molar-refractivity contribution is 9.10. The van der Waals surface area contributed by atoms with Gasteiger partial charge in [-0.1, -0.05) is 12.1 Å². The Morgan fingerprint density at radius 1 is 1.12 bits per heavy atom. The molecule has 0 aromatic heterocycles. The van der Waals surface area contributed by atoms with Crippen LogP contribution in [-0.2, 0) is 9.59 Å². The van der Waals surface area contributed by atoms with Crippen LogP contribution in [0.3, 0.4) is 0 Å². The number of halogens is 1. The van der Waals surface area contributed by atoms with Crippen LogP contribution < -0.4 is 10.7 Å². The molecule has 2 amide bonds. The number of carbonyl (C=O) groups excluding carboxylic acids is 2. The van der Waals surface area contributed by atoms with Crippen molar-refractivity contribution in [1.29, 1.82) is 0 Å². The number of aromatic hydroxyl groups is 1. The van der Waals surface area contributed by atoms with Crippen LogP contribution in [0, 0.1) is 5.92 Å². The summed E-state index contributed by atoms with van der Waals surface area (Å²) >= 11 is 3.33. The maximum absolute atomic E-state index is 12.1. The molecular weight excluding hydrogens is 374 g/mol. The van der Waals surface area contributed by atoms with Gasteiger partial charge in [0, 0.05) is 4.47 Å². The van der Waals surface area contributed by atoms with Crippen molar-refractivity contribution in [2.45, 2.75) is 6.92 Å². The number of phenols is 1. The van der Waals surface area contributed by atoms with Crippen molar-refractivity contribution in [3.63, 3.8) is 0 Å². The van der Waals surface area contributed by atoms with Crippen LogP contribution in [0.1, 0.15) is 12.5 Å². The average molecular weight is 390 g/mol. The lowest BCUT2D eigenvalue weighted by Gasteiger charge is -2.11. The average Bonchev–Trinajstić information content (AvgIpc) is 2.58. The summed E-state index contributed by atoms with van der Waals surface area (Å²) in [5.41, 5.74) is 3.62. The molecule has 0 saturated heterocycles. The van der Waals surface area contributed by atoms with Gasteiger partial charge in [-0.05, 0) is 64.8 Å². The van der Waals surface area contributed by atoms with Crippen molar-refractivity contribution in [2.24, 2.45) is 11.0 Å². The highest BCUT2D eigenvalue weighted by Gasteiger charge is 2.21. The van der Waals surface area contributed by atoms with Gasteiger partial charge in [-0.15, -0.1) is 0 Å².